The lowest BCUT2D eigenvalue weighted by atomic mass is 9.84. The van der Waals surface area contributed by atoms with Crippen LogP contribution in [0.4, 0.5) is 22.0 Å². The van der Waals surface area contributed by atoms with Crippen LogP contribution in [0.5, 0.6) is 0 Å². The fraction of sp³-hybridized carbons (Fsp3) is 0.512. The second-order valence-electron chi connectivity index (χ2n) is 16.2. The number of ether oxygens (including phenoxy) is 1. The maximum atomic E-state index is 17.8. The molecule has 1 amide bonds. The molecule has 0 saturated carbocycles. The SMILES string of the molecule is C=CC(=O)N1C2CCC1CN(\C(C)=C1/C=C(C(F)(F)F)C(c3ccc(F)c4sc(C(C)C)c(C#N)c34)=C(F)/C1=N/C(=C/CC)OCC13CCCN1CC(C)C3)C2. The monoisotopic (exact) mass is 793 g/mol. The smallest absolute Gasteiger partial charge is 0.417 e. The molecule has 0 radical (unpaired) electrons. The van der Waals surface area contributed by atoms with Gasteiger partial charge in [0.2, 0.25) is 11.8 Å². The number of halogens is 5. The Morgan fingerprint density at radius 1 is 1.20 bits per heavy atom. The van der Waals surface area contributed by atoms with Crippen molar-refractivity contribution in [2.75, 3.05) is 32.8 Å². The first kappa shape index (κ1) is 39.9. The lowest BCUT2D eigenvalue weighted by Crippen LogP contribution is -2.55. The maximum Gasteiger partial charge on any atom is 0.417 e. The van der Waals surface area contributed by atoms with Gasteiger partial charge in [-0.2, -0.15) is 18.4 Å². The van der Waals surface area contributed by atoms with Gasteiger partial charge >= 0.3 is 6.18 Å². The van der Waals surface area contributed by atoms with E-state index in [1.165, 1.54) is 6.08 Å². The van der Waals surface area contributed by atoms with Crippen molar-refractivity contribution in [1.82, 2.24) is 14.7 Å². The van der Waals surface area contributed by atoms with E-state index in [0.29, 0.717) is 42.6 Å². The average molecular weight is 794 g/mol. The number of carbonyl (C=O) groups is 1. The van der Waals surface area contributed by atoms with E-state index < -0.39 is 29.0 Å². The Hall–Kier alpha value is -4.28. The molecule has 5 aliphatic rings. The van der Waals surface area contributed by atoms with E-state index in [9.17, 15) is 10.1 Å². The van der Waals surface area contributed by atoms with Crippen LogP contribution in [0.15, 0.2) is 70.5 Å². The summed E-state index contributed by atoms with van der Waals surface area (Å²) in [4.78, 5) is 24.2. The second-order valence-corrected chi connectivity index (χ2v) is 17.2. The summed E-state index contributed by atoms with van der Waals surface area (Å²) < 4.78 is 85.9. The highest BCUT2D eigenvalue weighted by atomic mass is 32.1. The van der Waals surface area contributed by atoms with Crippen LogP contribution >= 0.6 is 11.3 Å². The van der Waals surface area contributed by atoms with Crippen LogP contribution in [0, 0.1) is 23.1 Å². The number of rotatable bonds is 9. The van der Waals surface area contributed by atoms with E-state index >= 15 is 22.0 Å². The molecular formula is C43H48F5N5O2S. The summed E-state index contributed by atoms with van der Waals surface area (Å²) in [6.45, 7) is 15.9. The summed E-state index contributed by atoms with van der Waals surface area (Å²) in [5, 5.41) is 10.2. The van der Waals surface area contributed by atoms with Crippen molar-refractivity contribution in [3.8, 4) is 6.07 Å². The predicted octanol–water partition coefficient (Wildman–Crippen LogP) is 9.94. The number of piperazine rings is 1. The number of carbonyl (C=O) groups excluding carboxylic acids is 1. The normalized spacial score (nSPS) is 27.4. The number of amides is 1. The van der Waals surface area contributed by atoms with E-state index in [0.717, 1.165) is 74.7 Å². The summed E-state index contributed by atoms with van der Waals surface area (Å²) in [6, 6.07) is 3.87. The molecule has 5 heterocycles. The largest absolute Gasteiger partial charge is 0.476 e. The minimum absolute atomic E-state index is 0.0101. The number of hydrogen-bond acceptors (Lipinski definition) is 7. The Balaban J connectivity index is 1.42. The first-order valence-corrected chi connectivity index (χ1v) is 20.4. The van der Waals surface area contributed by atoms with E-state index in [2.05, 4.69) is 24.5 Å². The molecule has 2 bridgehead atoms. The van der Waals surface area contributed by atoms with Gasteiger partial charge in [0.25, 0.3) is 0 Å². The highest BCUT2D eigenvalue weighted by molar-refractivity contribution is 7.19. The molecule has 4 fully saturated rings. The first-order chi connectivity index (χ1) is 26.6. The zero-order valence-electron chi connectivity index (χ0n) is 32.5. The third-order valence-corrected chi connectivity index (χ3v) is 13.6. The lowest BCUT2D eigenvalue weighted by molar-refractivity contribution is -0.131. The van der Waals surface area contributed by atoms with Crippen molar-refractivity contribution in [3.63, 3.8) is 0 Å². The van der Waals surface area contributed by atoms with Crippen LogP contribution in [0.1, 0.15) is 95.1 Å². The number of likely N-dealkylation sites (tertiary alicyclic amines) is 1. The van der Waals surface area contributed by atoms with Gasteiger partial charge in [-0.3, -0.25) is 9.69 Å². The van der Waals surface area contributed by atoms with Crippen LogP contribution in [-0.4, -0.2) is 82.9 Å². The zero-order valence-corrected chi connectivity index (χ0v) is 33.3. The Bertz CT molecular complexity index is 2140. The molecule has 7 nitrogen and oxygen atoms in total. The summed E-state index contributed by atoms with van der Waals surface area (Å²) in [5.41, 5.74) is -2.48. The summed E-state index contributed by atoms with van der Waals surface area (Å²) >= 11 is 0.993. The molecule has 1 aromatic carbocycles. The van der Waals surface area contributed by atoms with E-state index in [-0.39, 0.29) is 67.8 Å². The molecule has 1 aromatic heterocycles. The predicted molar refractivity (Wildman–Crippen MR) is 210 cm³/mol. The fourth-order valence-corrected chi connectivity index (χ4v) is 10.9. The number of aliphatic imine (C=N–C) groups is 1. The third kappa shape index (κ3) is 6.91. The minimum Gasteiger partial charge on any atom is -0.476 e. The van der Waals surface area contributed by atoms with Crippen LogP contribution in [0.25, 0.3) is 15.7 Å². The summed E-state index contributed by atoms with van der Waals surface area (Å²) in [7, 11) is 0. The van der Waals surface area contributed by atoms with Gasteiger partial charge in [0.1, 0.15) is 24.2 Å². The van der Waals surface area contributed by atoms with Gasteiger partial charge in [0.15, 0.2) is 5.83 Å². The van der Waals surface area contributed by atoms with Crippen LogP contribution in [-0.2, 0) is 9.53 Å². The number of alkyl halides is 3. The molecule has 2 aromatic rings. The maximum absolute atomic E-state index is 17.8. The first-order valence-electron chi connectivity index (χ1n) is 19.5. The van der Waals surface area contributed by atoms with Crippen LogP contribution < -0.4 is 0 Å². The number of fused-ring (bicyclic) bond motifs is 4. The highest BCUT2D eigenvalue weighted by Gasteiger charge is 2.48. The number of thiophene rings is 1. The Labute approximate surface area is 329 Å². The quantitative estimate of drug-likeness (QED) is 0.144. The average Bonchev–Trinajstić information content (AvgIpc) is 3.88. The standard InChI is InChI=1S/C43H48F5N5O2S/c1-7-10-34(55-23-42-15-9-16-52(42)20-25(5)18-42)50-39-30(26(6)51-21-27-11-12-28(22-51)53(27)35(54)8-2)17-32(43(46,47)48)37(38(39)45)29-13-14-33(44)41-36(29)31(19-49)40(56-41)24(3)4/h8,10,13-14,17,24-25,27-28H,2,7,9,11-12,15-16,18,20-23H2,1,3-6H3/b30-26+,34-10-,50-39+. The Morgan fingerprint density at radius 3 is 2.54 bits per heavy atom. The van der Waals surface area contributed by atoms with E-state index in [1.807, 2.05) is 25.7 Å². The molecular weight excluding hydrogens is 746 g/mol. The number of nitrogens with zero attached hydrogens (tertiary/aromatic N) is 5. The molecule has 7 rings (SSSR count). The zero-order chi connectivity index (χ0) is 40.3. The number of allylic oxidation sites excluding steroid dienone is 7. The molecule has 4 unspecified atom stereocenters. The third-order valence-electron chi connectivity index (χ3n) is 12.1. The van der Waals surface area contributed by atoms with Crippen molar-refractivity contribution >= 4 is 38.6 Å². The van der Waals surface area contributed by atoms with E-state index in [4.69, 9.17) is 9.73 Å². The minimum atomic E-state index is -5.05. The van der Waals surface area contributed by atoms with Gasteiger partial charge in [0.05, 0.1) is 21.4 Å². The summed E-state index contributed by atoms with van der Waals surface area (Å²) in [5.74, 6) is -1.80. The molecule has 4 saturated heterocycles. The van der Waals surface area contributed by atoms with Crippen molar-refractivity contribution in [2.45, 2.75) is 103 Å². The van der Waals surface area contributed by atoms with Gasteiger partial charge in [-0.25, -0.2) is 13.8 Å². The summed E-state index contributed by atoms with van der Waals surface area (Å²) in [6.07, 6.45) is 3.70. The highest BCUT2D eigenvalue weighted by Crippen LogP contribution is 2.49. The Morgan fingerprint density at radius 2 is 1.91 bits per heavy atom. The molecule has 298 valence electrons. The van der Waals surface area contributed by atoms with Gasteiger partial charge < -0.3 is 14.5 Å². The van der Waals surface area contributed by atoms with Crippen LogP contribution in [0.2, 0.25) is 0 Å². The van der Waals surface area contributed by atoms with Gasteiger partial charge in [-0.15, -0.1) is 11.3 Å². The molecule has 4 aliphatic heterocycles. The van der Waals surface area contributed by atoms with Crippen molar-refractivity contribution < 1.29 is 31.5 Å². The van der Waals surface area contributed by atoms with Gasteiger partial charge in [-0.05, 0) is 93.7 Å². The number of nitriles is 1. The van der Waals surface area contributed by atoms with Crippen molar-refractivity contribution in [1.29, 1.82) is 5.26 Å². The van der Waals surface area contributed by atoms with Gasteiger partial charge in [0, 0.05) is 58.8 Å². The van der Waals surface area contributed by atoms with Crippen LogP contribution in [0.3, 0.4) is 0 Å². The second kappa shape index (κ2) is 15.2. The molecule has 1 aliphatic carbocycles. The fourth-order valence-electron chi connectivity index (χ4n) is 9.69. The molecule has 13 heteroatoms. The number of hydrogen-bond donors (Lipinski definition) is 0. The Kier molecular flexibility index (Phi) is 10.9. The molecule has 0 N–H and O–H groups in total. The van der Waals surface area contributed by atoms with Crippen molar-refractivity contribution in [2.24, 2.45) is 10.9 Å². The molecule has 56 heavy (non-hydrogen) atoms. The van der Waals surface area contributed by atoms with Gasteiger partial charge in [-0.1, -0.05) is 40.3 Å². The topological polar surface area (TPSA) is 72.2 Å². The molecule has 0 spiro atoms. The number of benzene rings is 1. The van der Waals surface area contributed by atoms with E-state index in [1.54, 1.807) is 17.9 Å². The molecule has 4 atom stereocenters. The lowest BCUT2D eigenvalue weighted by Gasteiger charge is -2.42. The van der Waals surface area contributed by atoms with Crippen molar-refractivity contribution in [3.05, 3.63) is 87.3 Å².